The molecule has 14 nitrogen and oxygen atoms in total. The predicted molar refractivity (Wildman–Crippen MR) is 248 cm³/mol. The lowest BCUT2D eigenvalue weighted by molar-refractivity contribution is -0.256. The first-order valence-corrected chi connectivity index (χ1v) is 24.1. The smallest absolute Gasteiger partial charge is 0.412 e. The quantitative estimate of drug-likeness (QED) is 0.0444. The molecule has 0 aromatic heterocycles. The zero-order valence-corrected chi connectivity index (χ0v) is 38.9. The van der Waals surface area contributed by atoms with Crippen LogP contribution in [-0.4, -0.2) is 92.2 Å². The van der Waals surface area contributed by atoms with Crippen molar-refractivity contribution in [2.24, 2.45) is 22.9 Å². The molecular formula is C51H73N3O11. The van der Waals surface area contributed by atoms with Gasteiger partial charge in [-0.2, -0.15) is 0 Å². The summed E-state index contributed by atoms with van der Waals surface area (Å²) in [6.07, 6.45) is 19.5. The molecule has 2 heterocycles. The van der Waals surface area contributed by atoms with E-state index in [0.29, 0.717) is 48.1 Å². The van der Waals surface area contributed by atoms with Crippen LogP contribution in [0.15, 0.2) is 65.9 Å². The second-order valence-electron chi connectivity index (χ2n) is 17.7. The average molecular weight is 904 g/mol. The number of methoxy groups -OCH3 is 1. The first-order valence-electron chi connectivity index (χ1n) is 24.1. The Balaban J connectivity index is 1.36. The molecule has 6 rings (SSSR count). The van der Waals surface area contributed by atoms with Crippen molar-refractivity contribution < 1.29 is 53.1 Å². The van der Waals surface area contributed by atoms with E-state index in [2.05, 4.69) is 30.1 Å². The molecule has 0 bridgehead atoms. The van der Waals surface area contributed by atoms with Gasteiger partial charge >= 0.3 is 12.2 Å². The fourth-order valence-electron chi connectivity index (χ4n) is 10.4. The minimum Gasteiger partial charge on any atom is -0.459 e. The van der Waals surface area contributed by atoms with Crippen molar-refractivity contribution in [1.29, 1.82) is 0 Å². The van der Waals surface area contributed by atoms with Crippen LogP contribution in [-0.2, 0) is 20.9 Å². The molecule has 4 aliphatic rings. The molecule has 14 heteroatoms. The first-order chi connectivity index (χ1) is 31.8. The Morgan fingerprint density at radius 3 is 2.31 bits per heavy atom. The third kappa shape index (κ3) is 12.4. The Kier molecular flexibility index (Phi) is 19.3. The number of benzene rings is 2. The van der Waals surface area contributed by atoms with Gasteiger partial charge in [-0.25, -0.2) is 9.59 Å². The summed E-state index contributed by atoms with van der Waals surface area (Å²) in [5, 5.41) is 27.4. The van der Waals surface area contributed by atoms with Gasteiger partial charge in [0.1, 0.15) is 24.7 Å². The lowest BCUT2D eigenvalue weighted by Gasteiger charge is -2.59. The number of allylic oxidation sites excluding steroid dienone is 1. The Morgan fingerprint density at radius 1 is 0.892 bits per heavy atom. The number of hydrogen-bond donors (Lipinski definition) is 3. The summed E-state index contributed by atoms with van der Waals surface area (Å²) in [6.45, 7) is 7.26. The Bertz CT molecular complexity index is 1920. The van der Waals surface area contributed by atoms with Crippen LogP contribution in [0.2, 0.25) is 0 Å². The summed E-state index contributed by atoms with van der Waals surface area (Å²) in [5.74, 6) is -0.167. The van der Waals surface area contributed by atoms with E-state index in [0.717, 1.165) is 61.6 Å². The van der Waals surface area contributed by atoms with E-state index >= 15 is 0 Å². The average Bonchev–Trinajstić information content (AvgIpc) is 3.79. The maximum absolute atomic E-state index is 14.2. The number of oxime groups is 1. The number of fused-ring (bicyclic) bond motifs is 3. The number of carbonyl (C=O) groups excluding carboxylic acids is 2. The van der Waals surface area contributed by atoms with Crippen LogP contribution in [0.3, 0.4) is 0 Å². The van der Waals surface area contributed by atoms with Gasteiger partial charge in [-0.15, -0.1) is 6.58 Å². The largest absolute Gasteiger partial charge is 0.459 e. The molecule has 2 aliphatic heterocycles. The lowest BCUT2D eigenvalue weighted by Crippen LogP contribution is -2.70. The van der Waals surface area contributed by atoms with Crippen LogP contribution >= 0.6 is 0 Å². The van der Waals surface area contributed by atoms with E-state index in [9.17, 15) is 19.8 Å². The Labute approximate surface area is 385 Å². The molecule has 1 fully saturated rings. The molecule has 1 saturated carbocycles. The van der Waals surface area contributed by atoms with Crippen LogP contribution < -0.4 is 24.3 Å². The SMILES string of the molecule is C=CCOC12Oc3ccc(OC(=O)NCCCCCCCCCCCC)cc3C3C(CCCCO)C(CCCCO)C=C(C(=NOC)CC1N(Cc1ccc4c(c1)OCO4)C(=O)OC)C32. The van der Waals surface area contributed by atoms with Crippen molar-refractivity contribution in [2.75, 3.05) is 47.4 Å². The molecule has 2 aromatic rings. The molecule has 3 N–H and O–H groups in total. The first kappa shape index (κ1) is 49.6. The van der Waals surface area contributed by atoms with E-state index in [1.165, 1.54) is 59.2 Å². The summed E-state index contributed by atoms with van der Waals surface area (Å²) < 4.78 is 37.1. The molecule has 6 unspecified atom stereocenters. The van der Waals surface area contributed by atoms with Gasteiger partial charge in [0.2, 0.25) is 12.6 Å². The summed E-state index contributed by atoms with van der Waals surface area (Å²) in [4.78, 5) is 34.7. The number of aliphatic hydroxyl groups excluding tert-OH is 2. The Morgan fingerprint density at radius 2 is 1.60 bits per heavy atom. The van der Waals surface area contributed by atoms with E-state index in [1.807, 2.05) is 30.3 Å². The van der Waals surface area contributed by atoms with Gasteiger partial charge in [0.05, 0.1) is 25.3 Å². The fourth-order valence-corrected chi connectivity index (χ4v) is 10.4. The lowest BCUT2D eigenvalue weighted by atomic mass is 9.55. The normalized spacial score (nSPS) is 23.1. The summed E-state index contributed by atoms with van der Waals surface area (Å²) in [5.41, 5.74) is 3.17. The van der Waals surface area contributed by atoms with Crippen molar-refractivity contribution in [3.05, 3.63) is 71.8 Å². The number of nitrogens with one attached hydrogen (secondary N) is 1. The number of rotatable bonds is 27. The van der Waals surface area contributed by atoms with Gasteiger partial charge in [0.25, 0.3) is 0 Å². The van der Waals surface area contributed by atoms with E-state index in [-0.39, 0.29) is 57.3 Å². The molecule has 6 atom stereocenters. The topological polar surface area (TPSA) is 167 Å². The maximum atomic E-state index is 14.2. The van der Waals surface area contributed by atoms with E-state index in [4.69, 9.17) is 33.3 Å². The molecule has 358 valence electrons. The van der Waals surface area contributed by atoms with Crippen LogP contribution in [0, 0.1) is 17.8 Å². The zero-order valence-electron chi connectivity index (χ0n) is 38.9. The van der Waals surface area contributed by atoms with Gasteiger partial charge in [-0.3, -0.25) is 4.90 Å². The highest BCUT2D eigenvalue weighted by atomic mass is 16.7. The molecule has 65 heavy (non-hydrogen) atoms. The van der Waals surface area contributed by atoms with Crippen molar-refractivity contribution >= 4 is 17.9 Å². The van der Waals surface area contributed by atoms with E-state index < -0.39 is 29.9 Å². The standard InChI is InChI=1S/C51H73N3O11/c1-5-7-8-9-10-11-12-13-14-17-26-52-49(57)64-38-23-25-43-41(32-38)47-39(21-16-19-28-56)37(20-15-18-27-55)31-40-42(53-60-4)33-46(51(65-43,48(40)47)63-29-6-2)54(50(58)59-3)34-36-22-24-44-45(30-36)62-35-61-44/h6,22-25,30-32,37,39,46-48,55-56H,2,5,7-21,26-29,33-35H2,1,3-4H3,(H,52,57). The highest BCUT2D eigenvalue weighted by Gasteiger charge is 2.65. The molecule has 0 saturated heterocycles. The van der Waals surface area contributed by atoms with E-state index in [1.54, 1.807) is 17.0 Å². The molecule has 0 radical (unpaired) electrons. The third-order valence-corrected chi connectivity index (χ3v) is 13.4. The van der Waals surface area contributed by atoms with Crippen molar-refractivity contribution in [3.8, 4) is 23.0 Å². The second-order valence-corrected chi connectivity index (χ2v) is 17.7. The maximum Gasteiger partial charge on any atom is 0.412 e. The molecular weight excluding hydrogens is 831 g/mol. The molecule has 2 aliphatic carbocycles. The monoisotopic (exact) mass is 904 g/mol. The molecule has 2 aromatic carbocycles. The highest BCUT2D eigenvalue weighted by molar-refractivity contribution is 6.03. The van der Waals surface area contributed by atoms with Crippen LogP contribution in [0.25, 0.3) is 0 Å². The zero-order chi connectivity index (χ0) is 46.0. The fraction of sp³-hybridized carbons (Fsp3) is 0.627. The highest BCUT2D eigenvalue weighted by Crippen LogP contribution is 2.62. The minimum absolute atomic E-state index is 0.00764. The van der Waals surface area contributed by atoms with Crippen LogP contribution in [0.4, 0.5) is 9.59 Å². The number of aliphatic hydroxyl groups is 2. The number of amides is 2. The van der Waals surface area contributed by atoms with Gasteiger partial charge in [0, 0.05) is 44.2 Å². The summed E-state index contributed by atoms with van der Waals surface area (Å²) in [6, 6.07) is 10.2. The number of unbranched alkanes of at least 4 members (excludes halogenated alkanes) is 11. The van der Waals surface area contributed by atoms with Gasteiger partial charge < -0.3 is 48.8 Å². The van der Waals surface area contributed by atoms with Crippen LogP contribution in [0.5, 0.6) is 23.0 Å². The van der Waals surface area contributed by atoms with Gasteiger partial charge in [-0.1, -0.05) is 101 Å². The molecule has 2 amide bonds. The second kappa shape index (κ2) is 25.2. The number of hydrogen-bond acceptors (Lipinski definition) is 12. The van der Waals surface area contributed by atoms with Crippen molar-refractivity contribution in [2.45, 2.75) is 140 Å². The van der Waals surface area contributed by atoms with Crippen LogP contribution in [0.1, 0.15) is 133 Å². The Hall–Kier alpha value is -4.79. The van der Waals surface area contributed by atoms with Crippen molar-refractivity contribution in [1.82, 2.24) is 10.2 Å². The predicted octanol–water partition coefficient (Wildman–Crippen LogP) is 9.96. The molecule has 0 spiro atoms. The van der Waals surface area contributed by atoms with Gasteiger partial charge in [0.15, 0.2) is 11.5 Å². The number of ether oxygens (including phenoxy) is 6. The summed E-state index contributed by atoms with van der Waals surface area (Å²) in [7, 11) is 2.87. The number of nitrogens with zero attached hydrogens (tertiary/aromatic N) is 2. The van der Waals surface area contributed by atoms with Gasteiger partial charge in [-0.05, 0) is 85.4 Å². The summed E-state index contributed by atoms with van der Waals surface area (Å²) >= 11 is 0. The number of carbonyl (C=O) groups is 2. The minimum atomic E-state index is -1.49. The van der Waals surface area contributed by atoms with Crippen molar-refractivity contribution in [3.63, 3.8) is 0 Å². The third-order valence-electron chi connectivity index (χ3n) is 13.4.